The van der Waals surface area contributed by atoms with E-state index in [-0.39, 0.29) is 17.2 Å². The second-order valence-electron chi connectivity index (χ2n) is 5.98. The minimum Gasteiger partial charge on any atom is -0.467 e. The maximum absolute atomic E-state index is 12.2. The molecule has 1 aromatic carbocycles. The van der Waals surface area contributed by atoms with Gasteiger partial charge < -0.3 is 14.3 Å². The first-order valence-electron chi connectivity index (χ1n) is 8.04. The van der Waals surface area contributed by atoms with Crippen LogP contribution in [0.3, 0.4) is 0 Å². The third kappa shape index (κ3) is 3.78. The average molecular weight is 376 g/mol. The molecule has 0 aliphatic carbocycles. The molecule has 0 fully saturated rings. The summed E-state index contributed by atoms with van der Waals surface area (Å²) in [5.41, 5.74) is 1.35. The lowest BCUT2D eigenvalue weighted by Gasteiger charge is -2.11. The maximum Gasteiger partial charge on any atom is 0.242 e. The van der Waals surface area contributed by atoms with Crippen LogP contribution >= 0.6 is 0 Å². The zero-order chi connectivity index (χ0) is 18.7. The molecule has 0 atom stereocenters. The smallest absolute Gasteiger partial charge is 0.242 e. The van der Waals surface area contributed by atoms with Gasteiger partial charge in [0.2, 0.25) is 15.9 Å². The number of benzene rings is 1. The highest BCUT2D eigenvalue weighted by atomic mass is 32.2. The molecule has 26 heavy (non-hydrogen) atoms. The van der Waals surface area contributed by atoms with E-state index < -0.39 is 10.0 Å². The van der Waals surface area contributed by atoms with E-state index in [1.807, 2.05) is 4.57 Å². The number of nitrogens with one attached hydrogen (secondary N) is 1. The third-order valence-electron chi connectivity index (χ3n) is 3.99. The number of furan rings is 1. The number of carbonyl (C=O) groups is 1. The van der Waals surface area contributed by atoms with Crippen LogP contribution in [-0.2, 0) is 27.9 Å². The Hall–Kier alpha value is -2.65. The van der Waals surface area contributed by atoms with Crippen LogP contribution in [0.15, 0.2) is 52.2 Å². The molecule has 2 heterocycles. The summed E-state index contributed by atoms with van der Waals surface area (Å²) in [6, 6.07) is 8.36. The number of carbonyl (C=O) groups excluding carboxylic acids is 1. The summed E-state index contributed by atoms with van der Waals surface area (Å²) in [7, 11) is -0.531. The second kappa shape index (κ2) is 7.30. The Labute approximate surface area is 151 Å². The topological polar surface area (TPSA) is 97.4 Å². The maximum atomic E-state index is 12.2. The highest BCUT2D eigenvalue weighted by Crippen LogP contribution is 2.20. The number of hydrogen-bond donors (Lipinski definition) is 1. The van der Waals surface area contributed by atoms with Gasteiger partial charge in [0.1, 0.15) is 5.76 Å². The van der Waals surface area contributed by atoms with Gasteiger partial charge in [-0.1, -0.05) is 0 Å². The van der Waals surface area contributed by atoms with Crippen molar-refractivity contribution in [1.82, 2.24) is 19.2 Å². The first-order chi connectivity index (χ1) is 12.4. The summed E-state index contributed by atoms with van der Waals surface area (Å²) in [6.07, 6.45) is 3.45. The lowest BCUT2D eigenvalue weighted by Crippen LogP contribution is -2.23. The molecule has 0 unspecified atom stereocenters. The Morgan fingerprint density at radius 3 is 2.81 bits per heavy atom. The van der Waals surface area contributed by atoms with Gasteiger partial charge in [0.25, 0.3) is 0 Å². The van der Waals surface area contributed by atoms with Gasteiger partial charge in [-0.15, -0.1) is 0 Å². The van der Waals surface area contributed by atoms with Crippen molar-refractivity contribution < 1.29 is 17.6 Å². The van der Waals surface area contributed by atoms with E-state index in [2.05, 4.69) is 10.3 Å². The molecular weight excluding hydrogens is 356 g/mol. The summed E-state index contributed by atoms with van der Waals surface area (Å²) in [4.78, 5) is 16.4. The molecule has 1 amide bonds. The molecule has 0 spiro atoms. The summed E-state index contributed by atoms with van der Waals surface area (Å²) < 4.78 is 32.5. The number of hydrogen-bond acceptors (Lipinski definition) is 5. The Kier molecular flexibility index (Phi) is 5.10. The van der Waals surface area contributed by atoms with Gasteiger partial charge in [0, 0.05) is 27.1 Å². The van der Waals surface area contributed by atoms with Crippen LogP contribution in [0.25, 0.3) is 11.0 Å². The summed E-state index contributed by atoms with van der Waals surface area (Å²) in [5, 5.41) is 2.79. The van der Waals surface area contributed by atoms with Crippen LogP contribution in [0.1, 0.15) is 12.2 Å². The van der Waals surface area contributed by atoms with Gasteiger partial charge in [-0.2, -0.15) is 0 Å². The van der Waals surface area contributed by atoms with Gasteiger partial charge in [-0.25, -0.2) is 17.7 Å². The molecule has 3 aromatic rings. The van der Waals surface area contributed by atoms with Crippen molar-refractivity contribution in [2.75, 3.05) is 14.1 Å². The highest BCUT2D eigenvalue weighted by Gasteiger charge is 2.18. The third-order valence-corrected chi connectivity index (χ3v) is 5.80. The fourth-order valence-corrected chi connectivity index (χ4v) is 3.42. The van der Waals surface area contributed by atoms with Gasteiger partial charge in [0.05, 0.1) is 35.1 Å². The van der Waals surface area contributed by atoms with Gasteiger partial charge in [0.15, 0.2) is 0 Å². The molecule has 0 saturated carbocycles. The van der Waals surface area contributed by atoms with Crippen LogP contribution in [0, 0.1) is 0 Å². The van der Waals surface area contributed by atoms with E-state index in [0.717, 1.165) is 9.82 Å². The fourth-order valence-electron chi connectivity index (χ4n) is 2.50. The van der Waals surface area contributed by atoms with Crippen LogP contribution in [0.5, 0.6) is 0 Å². The first-order valence-corrected chi connectivity index (χ1v) is 9.48. The zero-order valence-corrected chi connectivity index (χ0v) is 15.4. The number of aryl methyl sites for hydroxylation is 1. The first kappa shape index (κ1) is 18.2. The number of sulfonamides is 1. The van der Waals surface area contributed by atoms with Gasteiger partial charge in [-0.3, -0.25) is 4.79 Å². The molecule has 0 bridgehead atoms. The average Bonchev–Trinajstić information content (AvgIpc) is 3.27. The predicted octanol–water partition coefficient (Wildman–Crippen LogP) is 1.59. The van der Waals surface area contributed by atoms with Crippen molar-refractivity contribution in [3.8, 4) is 0 Å². The monoisotopic (exact) mass is 376 g/mol. The van der Waals surface area contributed by atoms with E-state index in [9.17, 15) is 13.2 Å². The number of rotatable bonds is 7. The summed E-state index contributed by atoms with van der Waals surface area (Å²) in [6.45, 7) is 0.794. The lowest BCUT2D eigenvalue weighted by molar-refractivity contribution is -0.121. The van der Waals surface area contributed by atoms with Crippen LogP contribution in [0.2, 0.25) is 0 Å². The van der Waals surface area contributed by atoms with E-state index in [1.54, 1.807) is 36.9 Å². The Balaban J connectivity index is 1.66. The van der Waals surface area contributed by atoms with E-state index in [0.29, 0.717) is 24.4 Å². The summed E-state index contributed by atoms with van der Waals surface area (Å²) in [5.74, 6) is 0.594. The standard InChI is InChI=1S/C17H20N4O4S/c1-20(2)26(23,24)14-5-6-16-15(10-14)19-12-21(16)8-7-17(22)18-11-13-4-3-9-25-13/h3-6,9-10,12H,7-8,11H2,1-2H3,(H,18,22). The molecule has 138 valence electrons. The molecule has 0 aliphatic heterocycles. The Morgan fingerprint density at radius 2 is 2.12 bits per heavy atom. The molecule has 8 nitrogen and oxygen atoms in total. The van der Waals surface area contributed by atoms with E-state index in [1.165, 1.54) is 20.2 Å². The summed E-state index contributed by atoms with van der Waals surface area (Å²) >= 11 is 0. The number of imidazole rings is 1. The number of nitrogens with zero attached hydrogens (tertiary/aromatic N) is 3. The predicted molar refractivity (Wildman–Crippen MR) is 95.8 cm³/mol. The number of amides is 1. The van der Waals surface area contributed by atoms with Crippen LogP contribution in [0.4, 0.5) is 0 Å². The fraction of sp³-hybridized carbons (Fsp3) is 0.294. The van der Waals surface area contributed by atoms with Gasteiger partial charge in [-0.05, 0) is 30.3 Å². The molecule has 0 aliphatic rings. The minimum absolute atomic E-state index is 0.102. The largest absolute Gasteiger partial charge is 0.467 e. The molecule has 1 N–H and O–H groups in total. The van der Waals surface area contributed by atoms with Crippen molar-refractivity contribution in [3.05, 3.63) is 48.7 Å². The molecule has 2 aromatic heterocycles. The van der Waals surface area contributed by atoms with Crippen molar-refractivity contribution in [3.63, 3.8) is 0 Å². The quantitative estimate of drug-likeness (QED) is 0.675. The van der Waals surface area contributed by atoms with Crippen LogP contribution in [-0.4, -0.2) is 42.3 Å². The number of fused-ring (bicyclic) bond motifs is 1. The Bertz CT molecular complexity index is 1010. The molecule has 9 heteroatoms. The van der Waals surface area contributed by atoms with Gasteiger partial charge >= 0.3 is 0 Å². The van der Waals surface area contributed by atoms with E-state index in [4.69, 9.17) is 4.42 Å². The minimum atomic E-state index is -3.50. The molecule has 0 radical (unpaired) electrons. The molecular formula is C17H20N4O4S. The molecule has 0 saturated heterocycles. The highest BCUT2D eigenvalue weighted by molar-refractivity contribution is 7.89. The normalized spacial score (nSPS) is 12.0. The van der Waals surface area contributed by atoms with Crippen LogP contribution < -0.4 is 5.32 Å². The Morgan fingerprint density at radius 1 is 1.31 bits per heavy atom. The molecule has 3 rings (SSSR count). The zero-order valence-electron chi connectivity index (χ0n) is 14.5. The SMILES string of the molecule is CN(C)S(=O)(=O)c1ccc2c(c1)ncn2CCC(=O)NCc1ccco1. The second-order valence-corrected chi connectivity index (χ2v) is 8.13. The lowest BCUT2D eigenvalue weighted by atomic mass is 10.3. The van der Waals surface area contributed by atoms with Crippen molar-refractivity contribution in [2.45, 2.75) is 24.4 Å². The van der Waals surface area contributed by atoms with Crippen molar-refractivity contribution in [1.29, 1.82) is 0 Å². The van der Waals surface area contributed by atoms with Crippen molar-refractivity contribution >= 4 is 27.0 Å². The number of aromatic nitrogens is 2. The van der Waals surface area contributed by atoms with E-state index >= 15 is 0 Å². The van der Waals surface area contributed by atoms with Crippen molar-refractivity contribution in [2.24, 2.45) is 0 Å².